The third-order valence-electron chi connectivity index (χ3n) is 6.31. The Morgan fingerprint density at radius 2 is 0.646 bits per heavy atom. The van der Waals surface area contributed by atoms with Crippen LogP contribution in [-0.4, -0.2) is 39.6 Å². The van der Waals surface area contributed by atoms with Crippen LogP contribution >= 0.6 is 30.6 Å². The second kappa shape index (κ2) is 20.5. The van der Waals surface area contributed by atoms with Gasteiger partial charge in [-0.2, -0.15) is 0 Å². The van der Waals surface area contributed by atoms with Crippen LogP contribution in [0.5, 0.6) is 11.5 Å². The number of hydrogen-bond donors (Lipinski definition) is 0. The number of benzene rings is 2. The molecular weight excluding hydrogens is 692 g/mol. The summed E-state index contributed by atoms with van der Waals surface area (Å²) in [5.41, 5.74) is 1.73. The molecule has 12 nitrogen and oxygen atoms in total. The molecule has 1 aliphatic rings. The van der Waals surface area contributed by atoms with Crippen molar-refractivity contribution in [2.24, 2.45) is 18.1 Å². The number of nitrogens with zero attached hydrogens (tertiary/aromatic N) is 4. The van der Waals surface area contributed by atoms with Crippen LogP contribution in [0.1, 0.15) is 91.2 Å². The summed E-state index contributed by atoms with van der Waals surface area (Å²) in [7, 11) is -14.8. The zero-order chi connectivity index (χ0) is 34.9. The minimum Gasteiger partial charge on any atom is -0.413 e. The second-order valence-electron chi connectivity index (χ2n) is 11.0. The monoisotopic (exact) mass is 748 g/mol. The fourth-order valence-corrected chi connectivity index (χ4v) is 17.2. The van der Waals surface area contributed by atoms with E-state index >= 15 is 0 Å². The fourth-order valence-electron chi connectivity index (χ4n) is 3.99. The number of aryl methyl sites for hydroxylation is 2. The van der Waals surface area contributed by atoms with Gasteiger partial charge >= 0.3 is 30.6 Å². The molecule has 0 radical (unpaired) electrons. The smallest absolute Gasteiger partial charge is 0.413 e. The van der Waals surface area contributed by atoms with Crippen LogP contribution in [0.25, 0.3) is 0 Å². The van der Waals surface area contributed by atoms with Gasteiger partial charge in [-0.1, -0.05) is 77.9 Å². The van der Waals surface area contributed by atoms with Crippen molar-refractivity contribution in [1.82, 2.24) is 0 Å². The normalized spacial score (nSPS) is 17.5. The van der Waals surface area contributed by atoms with Crippen molar-refractivity contribution in [2.75, 3.05) is 39.6 Å². The minimum atomic E-state index is -3.90. The van der Waals surface area contributed by atoms with E-state index in [9.17, 15) is 0 Å². The molecule has 0 atom stereocenters. The number of hydrogen-bond acceptors (Lipinski definition) is 12. The molecule has 3 rings (SSSR count). The SMILES string of the molecule is CCCOP1(OCCC)=NP(OCCC)(OCCC)=NP(Oc2ccccc2C)(Oc2ccccc2C)=NP(OCCC)(OCCC)=N1. The van der Waals surface area contributed by atoms with Crippen molar-refractivity contribution < 1.29 is 36.2 Å². The van der Waals surface area contributed by atoms with Gasteiger partial charge in [0.05, 0.1) is 39.6 Å². The molecule has 0 saturated carbocycles. The molecule has 0 aliphatic carbocycles. The molecule has 272 valence electrons. The lowest BCUT2D eigenvalue weighted by Gasteiger charge is -2.33. The van der Waals surface area contributed by atoms with Crippen LogP contribution in [0.15, 0.2) is 66.6 Å². The molecule has 0 amide bonds. The summed E-state index contributed by atoms with van der Waals surface area (Å²) < 4.78 is 74.5. The first-order valence-corrected chi connectivity index (χ1v) is 23.2. The number of rotatable bonds is 22. The van der Waals surface area contributed by atoms with Crippen LogP contribution in [0.4, 0.5) is 0 Å². The largest absolute Gasteiger partial charge is 0.457 e. The summed E-state index contributed by atoms with van der Waals surface area (Å²) >= 11 is 0. The van der Waals surface area contributed by atoms with Gasteiger partial charge in [0.15, 0.2) is 0 Å². The summed E-state index contributed by atoms with van der Waals surface area (Å²) in [5.74, 6) is 1.07. The summed E-state index contributed by atoms with van der Waals surface area (Å²) in [6.07, 6.45) is 4.15. The third-order valence-corrected chi connectivity index (χ3v) is 17.5. The summed E-state index contributed by atoms with van der Waals surface area (Å²) in [6, 6.07) is 15.3. The average Bonchev–Trinajstić information content (AvgIpc) is 3.07. The summed E-state index contributed by atoms with van der Waals surface area (Å²) in [4.78, 5) is 0. The zero-order valence-electron chi connectivity index (χ0n) is 29.9. The minimum absolute atomic E-state index is 0.305. The van der Waals surface area contributed by atoms with Crippen LogP contribution < -0.4 is 9.05 Å². The molecule has 1 aliphatic heterocycles. The molecule has 0 bridgehead atoms. The predicted octanol–water partition coefficient (Wildman–Crippen LogP) is 13.1. The first-order valence-electron chi connectivity index (χ1n) is 17.1. The topological polar surface area (TPSA) is 123 Å². The quantitative estimate of drug-likeness (QED) is 0.109. The highest BCUT2D eigenvalue weighted by atomic mass is 31.3. The second-order valence-corrected chi connectivity index (χ2v) is 19.7. The van der Waals surface area contributed by atoms with Crippen molar-refractivity contribution in [1.29, 1.82) is 0 Å². The van der Waals surface area contributed by atoms with E-state index in [-0.39, 0.29) is 0 Å². The molecular formula is C32H56N4O8P4. The van der Waals surface area contributed by atoms with Gasteiger partial charge in [0.25, 0.3) is 0 Å². The predicted molar refractivity (Wildman–Crippen MR) is 198 cm³/mol. The molecule has 0 aromatic heterocycles. The maximum absolute atomic E-state index is 6.93. The van der Waals surface area contributed by atoms with Crippen molar-refractivity contribution in [3.05, 3.63) is 59.7 Å². The molecule has 1 heterocycles. The Hall–Kier alpha value is -1.28. The van der Waals surface area contributed by atoms with Gasteiger partial charge in [-0.05, 0) is 75.6 Å². The van der Waals surface area contributed by atoms with E-state index in [4.69, 9.17) is 54.3 Å². The van der Waals surface area contributed by atoms with Crippen molar-refractivity contribution >= 4 is 30.6 Å². The van der Waals surface area contributed by atoms with E-state index in [0.717, 1.165) is 11.1 Å². The molecule has 2 aromatic rings. The van der Waals surface area contributed by atoms with Gasteiger partial charge in [0.2, 0.25) is 0 Å². The third kappa shape index (κ3) is 11.9. The first kappa shape index (κ1) is 41.1. The number of para-hydroxylation sites is 2. The first-order chi connectivity index (χ1) is 23.2. The standard InChI is InChI=1S/C32H56N4O8P4/c1-9-23-37-45(38-24-10-2)33-46(39-25-11-3,40-26-12-4)35-48(43-31-21-17-15-19-29(31)7,44-32-22-18-16-20-30(32)8)36-47(34-45,41-27-13-5)42-28-14-6/h15-22H,9-14,23-28H2,1-8H3. The Morgan fingerprint density at radius 3 is 0.917 bits per heavy atom. The van der Waals surface area contributed by atoms with Crippen molar-refractivity contribution in [3.63, 3.8) is 0 Å². The molecule has 0 unspecified atom stereocenters. The van der Waals surface area contributed by atoms with Crippen molar-refractivity contribution in [2.45, 2.75) is 93.9 Å². The Kier molecular flexibility index (Phi) is 17.6. The molecule has 16 heteroatoms. The lowest BCUT2D eigenvalue weighted by molar-refractivity contribution is 0.223. The van der Waals surface area contributed by atoms with Crippen LogP contribution in [0.2, 0.25) is 0 Å². The Morgan fingerprint density at radius 1 is 0.396 bits per heavy atom. The van der Waals surface area contributed by atoms with E-state index in [2.05, 4.69) is 0 Å². The van der Waals surface area contributed by atoms with E-state index in [1.54, 1.807) is 0 Å². The lowest BCUT2D eigenvalue weighted by Crippen LogP contribution is -2.08. The van der Waals surface area contributed by atoms with Gasteiger partial charge in [-0.15, -0.1) is 18.1 Å². The highest BCUT2D eigenvalue weighted by molar-refractivity contribution is 7.78. The highest BCUT2D eigenvalue weighted by Gasteiger charge is 2.45. The highest BCUT2D eigenvalue weighted by Crippen LogP contribution is 2.80. The zero-order valence-corrected chi connectivity index (χ0v) is 33.5. The Balaban J connectivity index is 2.64. The molecule has 0 fully saturated rings. The summed E-state index contributed by atoms with van der Waals surface area (Å²) in [5, 5.41) is 0. The molecule has 0 saturated heterocycles. The summed E-state index contributed by atoms with van der Waals surface area (Å²) in [6.45, 7) is 17.9. The maximum atomic E-state index is 6.93. The van der Waals surface area contributed by atoms with E-state index in [1.807, 2.05) is 104 Å². The van der Waals surface area contributed by atoms with Crippen molar-refractivity contribution in [3.8, 4) is 11.5 Å². The van der Waals surface area contributed by atoms with Crippen LogP contribution in [-0.2, 0) is 27.1 Å². The Bertz CT molecular complexity index is 1420. The molecule has 0 N–H and O–H groups in total. The molecule has 2 aromatic carbocycles. The fraction of sp³-hybridized carbons (Fsp3) is 0.625. The van der Waals surface area contributed by atoms with E-state index in [0.29, 0.717) is 89.7 Å². The van der Waals surface area contributed by atoms with E-state index < -0.39 is 30.6 Å². The van der Waals surface area contributed by atoms with E-state index in [1.165, 1.54) is 0 Å². The molecule has 0 spiro atoms. The van der Waals surface area contributed by atoms with Crippen LogP contribution in [0, 0.1) is 13.8 Å². The Labute approximate surface area is 289 Å². The molecule has 48 heavy (non-hydrogen) atoms. The van der Waals surface area contributed by atoms with Gasteiger partial charge in [0.1, 0.15) is 11.5 Å². The van der Waals surface area contributed by atoms with Crippen LogP contribution in [0.3, 0.4) is 0 Å². The maximum Gasteiger partial charge on any atom is 0.457 e. The lowest BCUT2D eigenvalue weighted by atomic mass is 10.2. The van der Waals surface area contributed by atoms with Gasteiger partial charge in [0, 0.05) is 0 Å². The van der Waals surface area contributed by atoms with Gasteiger partial charge in [-0.25, -0.2) is 0 Å². The van der Waals surface area contributed by atoms with Gasteiger partial charge < -0.3 is 36.2 Å². The average molecular weight is 749 g/mol. The van der Waals surface area contributed by atoms with Gasteiger partial charge in [-0.3, -0.25) is 0 Å².